The first-order valence-electron chi connectivity index (χ1n) is 7.71. The fourth-order valence-electron chi connectivity index (χ4n) is 2.85. The highest BCUT2D eigenvalue weighted by Crippen LogP contribution is 2.19. The van der Waals surface area contributed by atoms with Crippen LogP contribution in [-0.4, -0.2) is 41.8 Å². The number of aromatic amines is 1. The van der Waals surface area contributed by atoms with Gasteiger partial charge in [-0.1, -0.05) is 23.9 Å². The fourth-order valence-corrected chi connectivity index (χ4v) is 3.24. The van der Waals surface area contributed by atoms with Gasteiger partial charge in [-0.15, -0.1) is 0 Å². The van der Waals surface area contributed by atoms with E-state index in [1.807, 2.05) is 20.4 Å². The Bertz CT molecular complexity index is 739. The Morgan fingerprint density at radius 3 is 2.70 bits per heavy atom. The summed E-state index contributed by atoms with van der Waals surface area (Å²) in [6.07, 6.45) is 2.76. The normalized spacial score (nSPS) is 14.6. The SMILES string of the molecule is CSc1nc2c(c(=O)[nH]1)CN(Cc1ccc(N(C)C)cc1)CC2. The molecule has 6 heteroatoms. The van der Waals surface area contributed by atoms with E-state index in [4.69, 9.17) is 0 Å². The largest absolute Gasteiger partial charge is 0.378 e. The molecule has 2 heterocycles. The lowest BCUT2D eigenvalue weighted by Crippen LogP contribution is -2.35. The molecular weight excluding hydrogens is 308 g/mol. The Labute approximate surface area is 140 Å². The number of aromatic nitrogens is 2. The molecule has 0 amide bonds. The van der Waals surface area contributed by atoms with Gasteiger partial charge >= 0.3 is 0 Å². The van der Waals surface area contributed by atoms with Crippen LogP contribution in [0, 0.1) is 0 Å². The second-order valence-corrected chi connectivity index (χ2v) is 6.82. The quantitative estimate of drug-likeness (QED) is 0.687. The van der Waals surface area contributed by atoms with Crippen molar-refractivity contribution in [1.29, 1.82) is 0 Å². The number of hydrogen-bond acceptors (Lipinski definition) is 5. The minimum atomic E-state index is 0.00649. The van der Waals surface area contributed by atoms with E-state index in [1.165, 1.54) is 23.0 Å². The zero-order valence-electron chi connectivity index (χ0n) is 13.8. The van der Waals surface area contributed by atoms with Gasteiger partial charge in [0.1, 0.15) is 0 Å². The second kappa shape index (κ2) is 6.76. The summed E-state index contributed by atoms with van der Waals surface area (Å²) in [5, 5.41) is 0.710. The first-order chi connectivity index (χ1) is 11.1. The summed E-state index contributed by atoms with van der Waals surface area (Å²) in [5.74, 6) is 0. The van der Waals surface area contributed by atoms with Gasteiger partial charge < -0.3 is 9.88 Å². The van der Waals surface area contributed by atoms with E-state index >= 15 is 0 Å². The van der Waals surface area contributed by atoms with Gasteiger partial charge in [-0.05, 0) is 24.0 Å². The van der Waals surface area contributed by atoms with Crippen molar-refractivity contribution < 1.29 is 0 Å². The molecule has 3 rings (SSSR count). The third-order valence-electron chi connectivity index (χ3n) is 4.18. The van der Waals surface area contributed by atoms with Crippen LogP contribution in [0.2, 0.25) is 0 Å². The molecule has 0 fully saturated rings. The van der Waals surface area contributed by atoms with Gasteiger partial charge in [-0.25, -0.2) is 4.98 Å². The highest BCUT2D eigenvalue weighted by Gasteiger charge is 2.21. The molecule has 1 aromatic heterocycles. The summed E-state index contributed by atoms with van der Waals surface area (Å²) >= 11 is 1.48. The molecule has 2 aromatic rings. The van der Waals surface area contributed by atoms with Crippen LogP contribution in [0.4, 0.5) is 5.69 Å². The molecule has 0 saturated carbocycles. The summed E-state index contributed by atoms with van der Waals surface area (Å²) < 4.78 is 0. The molecule has 0 unspecified atom stereocenters. The van der Waals surface area contributed by atoms with E-state index in [-0.39, 0.29) is 5.56 Å². The number of nitrogens with one attached hydrogen (secondary N) is 1. The lowest BCUT2D eigenvalue weighted by atomic mass is 10.1. The van der Waals surface area contributed by atoms with Crippen molar-refractivity contribution in [2.45, 2.75) is 24.7 Å². The first-order valence-corrected chi connectivity index (χ1v) is 8.94. The minimum Gasteiger partial charge on any atom is -0.378 e. The molecule has 0 aliphatic carbocycles. The number of nitrogens with zero attached hydrogens (tertiary/aromatic N) is 3. The molecule has 0 spiro atoms. The van der Waals surface area contributed by atoms with Crippen molar-refractivity contribution in [3.8, 4) is 0 Å². The van der Waals surface area contributed by atoms with Gasteiger partial charge in [0.05, 0.1) is 11.3 Å². The molecule has 122 valence electrons. The Morgan fingerprint density at radius 2 is 2.04 bits per heavy atom. The Hall–Kier alpha value is -1.79. The maximum absolute atomic E-state index is 12.2. The number of thioether (sulfide) groups is 1. The van der Waals surface area contributed by atoms with E-state index in [2.05, 4.69) is 44.0 Å². The minimum absolute atomic E-state index is 0.00649. The predicted octanol–water partition coefficient (Wildman–Crippen LogP) is 2.12. The van der Waals surface area contributed by atoms with E-state index in [1.54, 1.807) is 0 Å². The van der Waals surface area contributed by atoms with Gasteiger partial charge in [0.2, 0.25) is 0 Å². The maximum atomic E-state index is 12.2. The van der Waals surface area contributed by atoms with E-state index in [0.29, 0.717) is 11.7 Å². The van der Waals surface area contributed by atoms with Crippen molar-refractivity contribution in [3.63, 3.8) is 0 Å². The van der Waals surface area contributed by atoms with Crippen LogP contribution < -0.4 is 10.5 Å². The molecule has 1 aliphatic heterocycles. The van der Waals surface area contributed by atoms with Crippen LogP contribution in [-0.2, 0) is 19.5 Å². The molecule has 0 bridgehead atoms. The highest BCUT2D eigenvalue weighted by atomic mass is 32.2. The van der Waals surface area contributed by atoms with Crippen LogP contribution in [0.5, 0.6) is 0 Å². The van der Waals surface area contributed by atoms with Crippen molar-refractivity contribution >= 4 is 17.4 Å². The average molecular weight is 330 g/mol. The monoisotopic (exact) mass is 330 g/mol. The molecule has 0 saturated heterocycles. The maximum Gasteiger partial charge on any atom is 0.256 e. The third-order valence-corrected chi connectivity index (χ3v) is 4.76. The number of fused-ring (bicyclic) bond motifs is 1. The summed E-state index contributed by atoms with van der Waals surface area (Å²) in [6, 6.07) is 8.58. The third kappa shape index (κ3) is 3.59. The summed E-state index contributed by atoms with van der Waals surface area (Å²) in [5.41, 5.74) is 4.25. The number of anilines is 1. The number of H-pyrrole nitrogens is 1. The summed E-state index contributed by atoms with van der Waals surface area (Å²) in [4.78, 5) is 24.0. The summed E-state index contributed by atoms with van der Waals surface area (Å²) in [7, 11) is 4.08. The Kier molecular flexibility index (Phi) is 4.73. The zero-order valence-corrected chi connectivity index (χ0v) is 14.6. The van der Waals surface area contributed by atoms with Crippen LogP contribution in [0.1, 0.15) is 16.8 Å². The van der Waals surface area contributed by atoms with Gasteiger partial charge in [0.15, 0.2) is 5.16 Å². The molecule has 1 aliphatic rings. The molecule has 0 atom stereocenters. The number of benzene rings is 1. The van der Waals surface area contributed by atoms with E-state index < -0.39 is 0 Å². The molecule has 0 radical (unpaired) electrons. The Balaban J connectivity index is 1.73. The molecule has 23 heavy (non-hydrogen) atoms. The van der Waals surface area contributed by atoms with Crippen LogP contribution >= 0.6 is 11.8 Å². The van der Waals surface area contributed by atoms with Crippen LogP contribution in [0.15, 0.2) is 34.2 Å². The van der Waals surface area contributed by atoms with Crippen molar-refractivity contribution in [2.75, 3.05) is 31.8 Å². The standard InChI is InChI=1S/C17H22N4OS/c1-20(2)13-6-4-12(5-7-13)10-21-9-8-15-14(11-21)16(22)19-17(18-15)23-3/h4-7H,8-11H2,1-3H3,(H,18,19,22). The molecule has 5 nitrogen and oxygen atoms in total. The zero-order chi connectivity index (χ0) is 16.4. The Morgan fingerprint density at radius 1 is 1.30 bits per heavy atom. The number of hydrogen-bond donors (Lipinski definition) is 1. The van der Waals surface area contributed by atoms with Gasteiger partial charge in [-0.2, -0.15) is 0 Å². The molecule has 1 N–H and O–H groups in total. The van der Waals surface area contributed by atoms with Gasteiger partial charge in [0.25, 0.3) is 5.56 Å². The lowest BCUT2D eigenvalue weighted by Gasteiger charge is -2.27. The van der Waals surface area contributed by atoms with Gasteiger partial charge in [0, 0.05) is 45.8 Å². The second-order valence-electron chi connectivity index (χ2n) is 6.02. The highest BCUT2D eigenvalue weighted by molar-refractivity contribution is 7.98. The van der Waals surface area contributed by atoms with Crippen LogP contribution in [0.3, 0.4) is 0 Å². The fraction of sp³-hybridized carbons (Fsp3) is 0.412. The van der Waals surface area contributed by atoms with E-state index in [0.717, 1.165) is 30.8 Å². The summed E-state index contributed by atoms with van der Waals surface area (Å²) in [6.45, 7) is 2.46. The first kappa shape index (κ1) is 16.1. The number of rotatable bonds is 4. The topological polar surface area (TPSA) is 52.2 Å². The van der Waals surface area contributed by atoms with Gasteiger partial charge in [-0.3, -0.25) is 9.69 Å². The van der Waals surface area contributed by atoms with Crippen LogP contribution in [0.25, 0.3) is 0 Å². The van der Waals surface area contributed by atoms with Crippen molar-refractivity contribution in [2.24, 2.45) is 0 Å². The predicted molar refractivity (Wildman–Crippen MR) is 95.2 cm³/mol. The molecular formula is C17H22N4OS. The van der Waals surface area contributed by atoms with Crippen molar-refractivity contribution in [3.05, 3.63) is 51.4 Å². The average Bonchev–Trinajstić information content (AvgIpc) is 2.55. The smallest absolute Gasteiger partial charge is 0.256 e. The lowest BCUT2D eigenvalue weighted by molar-refractivity contribution is 0.241. The van der Waals surface area contributed by atoms with E-state index in [9.17, 15) is 4.79 Å². The van der Waals surface area contributed by atoms with Crippen molar-refractivity contribution in [1.82, 2.24) is 14.9 Å². The molecule has 1 aromatic carbocycles.